The van der Waals surface area contributed by atoms with Crippen LogP contribution in [0.4, 0.5) is 5.69 Å². The fraction of sp³-hybridized carbons (Fsp3) is 0.0667. The first-order valence-electron chi connectivity index (χ1n) is 6.79. The Morgan fingerprint density at radius 3 is 2.74 bits per heavy atom. The van der Waals surface area contributed by atoms with Crippen LogP contribution in [0.1, 0.15) is 5.82 Å². The number of aromatic nitrogens is 4. The van der Waals surface area contributed by atoms with Gasteiger partial charge in [-0.3, -0.25) is 5.43 Å². The van der Waals surface area contributed by atoms with E-state index in [1.165, 1.54) is 0 Å². The number of halogens is 2. The summed E-state index contributed by atoms with van der Waals surface area (Å²) in [5, 5.41) is 16.9. The summed E-state index contributed by atoms with van der Waals surface area (Å²) in [5.74, 6) is 0.684. The highest BCUT2D eigenvalue weighted by Crippen LogP contribution is 2.25. The van der Waals surface area contributed by atoms with E-state index in [-0.39, 0.29) is 0 Å². The lowest BCUT2D eigenvalue weighted by Gasteiger charge is -2.03. The molecule has 0 fully saturated rings. The molecule has 0 radical (unpaired) electrons. The lowest BCUT2D eigenvalue weighted by atomic mass is 10.3. The number of hydrazone groups is 1. The number of para-hydroxylation sites is 1. The first-order valence-corrected chi connectivity index (χ1v) is 7.55. The molecule has 0 aliphatic carbocycles. The first-order chi connectivity index (χ1) is 11.2. The number of nitrogens with zero attached hydrogens (tertiary/aromatic N) is 5. The van der Waals surface area contributed by atoms with E-state index >= 15 is 0 Å². The van der Waals surface area contributed by atoms with Crippen LogP contribution < -0.4 is 5.43 Å². The van der Waals surface area contributed by atoms with Gasteiger partial charge in [-0.1, -0.05) is 41.4 Å². The molecule has 0 spiro atoms. The summed E-state index contributed by atoms with van der Waals surface area (Å²) in [6.45, 7) is 0. The van der Waals surface area contributed by atoms with Crippen molar-refractivity contribution in [1.29, 1.82) is 0 Å². The van der Waals surface area contributed by atoms with Gasteiger partial charge in [-0.2, -0.15) is 9.78 Å². The molecule has 0 saturated heterocycles. The number of anilines is 1. The van der Waals surface area contributed by atoms with Crippen molar-refractivity contribution >= 4 is 35.1 Å². The molecule has 2 aromatic carbocycles. The second kappa shape index (κ2) is 7.21. The smallest absolute Gasteiger partial charge is 0.162 e. The predicted molar refractivity (Wildman–Crippen MR) is 91.4 cm³/mol. The summed E-state index contributed by atoms with van der Waals surface area (Å²) in [4.78, 5) is 0. The third-order valence-corrected chi connectivity index (χ3v) is 3.56. The van der Waals surface area contributed by atoms with Crippen molar-refractivity contribution in [2.45, 2.75) is 6.42 Å². The Hall–Kier alpha value is -2.44. The maximum atomic E-state index is 6.06. The molecule has 0 amide bonds. The van der Waals surface area contributed by atoms with Crippen molar-refractivity contribution in [1.82, 2.24) is 20.2 Å². The number of benzene rings is 2. The van der Waals surface area contributed by atoms with Crippen LogP contribution in [-0.2, 0) is 6.42 Å². The number of hydrogen-bond acceptors (Lipinski definition) is 5. The quantitative estimate of drug-likeness (QED) is 0.566. The van der Waals surface area contributed by atoms with Gasteiger partial charge in [0.25, 0.3) is 0 Å². The van der Waals surface area contributed by atoms with Gasteiger partial charge < -0.3 is 0 Å². The van der Waals surface area contributed by atoms with E-state index in [9.17, 15) is 0 Å². The van der Waals surface area contributed by atoms with E-state index in [1.807, 2.05) is 30.3 Å². The summed E-state index contributed by atoms with van der Waals surface area (Å²) < 4.78 is 1.67. The summed E-state index contributed by atoms with van der Waals surface area (Å²) in [6.07, 6.45) is 2.15. The van der Waals surface area contributed by atoms with Gasteiger partial charge >= 0.3 is 0 Å². The van der Waals surface area contributed by atoms with E-state index in [0.717, 1.165) is 5.69 Å². The van der Waals surface area contributed by atoms with Crippen molar-refractivity contribution in [2.24, 2.45) is 5.10 Å². The van der Waals surface area contributed by atoms with E-state index in [0.29, 0.717) is 28.0 Å². The lowest BCUT2D eigenvalue weighted by molar-refractivity contribution is 0.776. The van der Waals surface area contributed by atoms with E-state index in [4.69, 9.17) is 23.2 Å². The highest BCUT2D eigenvalue weighted by molar-refractivity contribution is 6.36. The molecule has 0 unspecified atom stereocenters. The Bertz CT molecular complexity index is 816. The Morgan fingerprint density at radius 2 is 1.96 bits per heavy atom. The van der Waals surface area contributed by atoms with Gasteiger partial charge in [0.15, 0.2) is 5.82 Å². The second-order valence-corrected chi connectivity index (χ2v) is 5.44. The highest BCUT2D eigenvalue weighted by atomic mass is 35.5. The molecule has 0 bridgehead atoms. The molecule has 3 rings (SSSR count). The molecule has 1 aromatic heterocycles. The molecule has 116 valence electrons. The van der Waals surface area contributed by atoms with Crippen molar-refractivity contribution in [3.05, 3.63) is 64.4 Å². The van der Waals surface area contributed by atoms with Crippen LogP contribution in [0, 0.1) is 0 Å². The number of nitrogens with one attached hydrogen (secondary N) is 1. The Labute approximate surface area is 142 Å². The number of rotatable bonds is 5. The van der Waals surface area contributed by atoms with E-state index in [2.05, 4.69) is 26.1 Å². The normalized spacial score (nSPS) is 11.0. The maximum absolute atomic E-state index is 6.06. The van der Waals surface area contributed by atoms with Gasteiger partial charge in [0, 0.05) is 17.7 Å². The van der Waals surface area contributed by atoms with Crippen LogP contribution in [0.3, 0.4) is 0 Å². The third kappa shape index (κ3) is 3.85. The minimum absolute atomic E-state index is 0.472. The Balaban J connectivity index is 1.66. The monoisotopic (exact) mass is 346 g/mol. The van der Waals surface area contributed by atoms with Gasteiger partial charge in [-0.15, -0.1) is 5.10 Å². The van der Waals surface area contributed by atoms with Crippen LogP contribution in [0.2, 0.25) is 10.0 Å². The minimum Gasteiger partial charge on any atom is -0.277 e. The van der Waals surface area contributed by atoms with Crippen molar-refractivity contribution in [3.63, 3.8) is 0 Å². The highest BCUT2D eigenvalue weighted by Gasteiger charge is 2.06. The van der Waals surface area contributed by atoms with Gasteiger partial charge in [0.2, 0.25) is 0 Å². The average molecular weight is 347 g/mol. The van der Waals surface area contributed by atoms with Crippen molar-refractivity contribution < 1.29 is 0 Å². The molecule has 0 aliphatic heterocycles. The zero-order chi connectivity index (χ0) is 16.1. The van der Waals surface area contributed by atoms with Crippen LogP contribution in [0.25, 0.3) is 5.69 Å². The summed E-state index contributed by atoms with van der Waals surface area (Å²) in [5.41, 5.74) is 4.44. The summed E-state index contributed by atoms with van der Waals surface area (Å²) in [7, 11) is 0. The molecular weight excluding hydrogens is 335 g/mol. The zero-order valence-electron chi connectivity index (χ0n) is 11.9. The largest absolute Gasteiger partial charge is 0.277 e. The summed E-state index contributed by atoms with van der Waals surface area (Å²) in [6, 6.07) is 14.8. The van der Waals surface area contributed by atoms with Crippen LogP contribution in [0.5, 0.6) is 0 Å². The maximum Gasteiger partial charge on any atom is 0.162 e. The molecule has 0 aliphatic rings. The van der Waals surface area contributed by atoms with Crippen molar-refractivity contribution in [2.75, 3.05) is 5.43 Å². The first kappa shape index (κ1) is 15.5. The van der Waals surface area contributed by atoms with Gasteiger partial charge in [0.05, 0.1) is 16.4 Å². The van der Waals surface area contributed by atoms with E-state index < -0.39 is 0 Å². The third-order valence-electron chi connectivity index (χ3n) is 3.02. The molecule has 23 heavy (non-hydrogen) atoms. The standard InChI is InChI=1S/C15H12Cl2N6/c16-11-6-7-14(13(17)10-11)19-18-9-8-15-20-21-22-23(15)12-4-2-1-3-5-12/h1-7,9-10,19H,8H2/b18-9+. The molecule has 1 N–H and O–H groups in total. The van der Waals surface area contributed by atoms with Crippen LogP contribution in [0.15, 0.2) is 53.6 Å². The average Bonchev–Trinajstić information content (AvgIpc) is 3.02. The number of tetrazole rings is 1. The molecule has 1 heterocycles. The molecule has 8 heteroatoms. The van der Waals surface area contributed by atoms with Gasteiger partial charge in [0.1, 0.15) is 0 Å². The van der Waals surface area contributed by atoms with Crippen LogP contribution in [-0.4, -0.2) is 26.4 Å². The van der Waals surface area contributed by atoms with Gasteiger partial charge in [-0.25, -0.2) is 0 Å². The minimum atomic E-state index is 0.472. The molecular formula is C15H12Cl2N6. The van der Waals surface area contributed by atoms with E-state index in [1.54, 1.807) is 29.1 Å². The molecule has 0 atom stereocenters. The van der Waals surface area contributed by atoms with Crippen molar-refractivity contribution in [3.8, 4) is 5.69 Å². The fourth-order valence-electron chi connectivity index (χ4n) is 1.93. The molecule has 0 saturated carbocycles. The zero-order valence-corrected chi connectivity index (χ0v) is 13.4. The van der Waals surface area contributed by atoms with Gasteiger partial charge in [-0.05, 0) is 40.8 Å². The lowest BCUT2D eigenvalue weighted by Crippen LogP contribution is -2.04. The summed E-state index contributed by atoms with van der Waals surface area (Å²) >= 11 is 11.9. The fourth-order valence-corrected chi connectivity index (χ4v) is 2.38. The Kier molecular flexibility index (Phi) is 4.85. The SMILES string of the molecule is Clc1ccc(N/N=C/Cc2nnnn2-c2ccccc2)c(Cl)c1. The predicted octanol–water partition coefficient (Wildman–Crippen LogP) is 3.61. The molecule has 3 aromatic rings. The van der Waals surface area contributed by atoms with Crippen LogP contribution >= 0.6 is 23.2 Å². The molecule has 6 nitrogen and oxygen atoms in total. The second-order valence-electron chi connectivity index (χ2n) is 4.59. The topological polar surface area (TPSA) is 68.0 Å². The Morgan fingerprint density at radius 1 is 1.13 bits per heavy atom. The number of hydrogen-bond donors (Lipinski definition) is 1.